The Morgan fingerprint density at radius 2 is 2.15 bits per heavy atom. The maximum atomic E-state index is 12.2. The lowest BCUT2D eigenvalue weighted by atomic mass is 10.0. The molecule has 5 heteroatoms. The van der Waals surface area contributed by atoms with E-state index in [4.69, 9.17) is 0 Å². The predicted molar refractivity (Wildman–Crippen MR) is 88.3 cm³/mol. The average molecular weight is 313 g/mol. The lowest BCUT2D eigenvalue weighted by Gasteiger charge is -2.21. The van der Waals surface area contributed by atoms with E-state index in [2.05, 4.69) is 10.6 Å². The van der Waals surface area contributed by atoms with Crippen molar-refractivity contribution in [3.05, 3.63) is 29.3 Å². The number of fused-ring (bicyclic) bond motifs is 1. The Morgan fingerprint density at radius 1 is 1.35 bits per heavy atom. The third-order valence-electron chi connectivity index (χ3n) is 3.97. The van der Waals surface area contributed by atoms with Gasteiger partial charge in [0, 0.05) is 24.3 Å². The second-order valence-corrected chi connectivity index (χ2v) is 6.54. The minimum absolute atomic E-state index is 0. The molecule has 0 saturated carbocycles. The molecule has 2 N–H and O–H groups in total. The van der Waals surface area contributed by atoms with Crippen LogP contribution < -0.4 is 10.6 Å². The molecule has 3 rings (SSSR count). The number of benzene rings is 1. The van der Waals surface area contributed by atoms with Gasteiger partial charge >= 0.3 is 0 Å². The van der Waals surface area contributed by atoms with Crippen LogP contribution in [0.25, 0.3) is 0 Å². The van der Waals surface area contributed by atoms with Gasteiger partial charge in [0.2, 0.25) is 0 Å². The number of nitrogens with one attached hydrogen (secondary N) is 2. The lowest BCUT2D eigenvalue weighted by molar-refractivity contribution is 0.0946. The summed E-state index contributed by atoms with van der Waals surface area (Å²) < 4.78 is 0. The molecule has 1 aromatic rings. The first-order chi connectivity index (χ1) is 9.33. The van der Waals surface area contributed by atoms with Gasteiger partial charge in [0.25, 0.3) is 5.91 Å². The van der Waals surface area contributed by atoms with Gasteiger partial charge in [-0.15, -0.1) is 12.4 Å². The van der Waals surface area contributed by atoms with E-state index in [0.717, 1.165) is 25.1 Å². The molecule has 20 heavy (non-hydrogen) atoms. The molecule has 2 aliphatic rings. The van der Waals surface area contributed by atoms with E-state index in [1.54, 1.807) is 0 Å². The van der Waals surface area contributed by atoms with Gasteiger partial charge in [0.05, 0.1) is 0 Å². The van der Waals surface area contributed by atoms with Crippen LogP contribution in [0.4, 0.5) is 5.69 Å². The van der Waals surface area contributed by atoms with E-state index in [1.165, 1.54) is 35.6 Å². The molecule has 2 aliphatic heterocycles. The van der Waals surface area contributed by atoms with Crippen molar-refractivity contribution in [2.75, 3.05) is 29.9 Å². The maximum Gasteiger partial charge on any atom is 0.251 e. The summed E-state index contributed by atoms with van der Waals surface area (Å²) in [5.74, 6) is 3.23. The molecule has 1 saturated heterocycles. The van der Waals surface area contributed by atoms with Gasteiger partial charge < -0.3 is 10.6 Å². The Bertz CT molecular complexity index is 475. The van der Waals surface area contributed by atoms with E-state index in [0.29, 0.717) is 5.92 Å². The summed E-state index contributed by atoms with van der Waals surface area (Å²) in [6, 6.07) is 5.97. The van der Waals surface area contributed by atoms with Crippen molar-refractivity contribution in [3.63, 3.8) is 0 Å². The predicted octanol–water partition coefficient (Wildman–Crippen LogP) is 2.95. The van der Waals surface area contributed by atoms with E-state index < -0.39 is 0 Å². The van der Waals surface area contributed by atoms with E-state index in [-0.39, 0.29) is 18.3 Å². The Balaban J connectivity index is 0.00000147. The fourth-order valence-corrected chi connectivity index (χ4v) is 3.94. The number of halogens is 1. The number of thioether (sulfide) groups is 1. The number of anilines is 1. The fraction of sp³-hybridized carbons (Fsp3) is 0.533. The molecule has 0 atom stereocenters. The highest BCUT2D eigenvalue weighted by Crippen LogP contribution is 2.24. The molecular formula is C15H21ClN2OS. The molecule has 0 spiro atoms. The minimum atomic E-state index is 0. The Hall–Kier alpha value is -0.870. The standard InChI is InChI=1S/C15H20N2OS.ClH/c18-15(17-10-11-4-7-19-8-5-11)13-1-2-14-12(9-13)3-6-16-14;/h1-2,9,11,16H,3-8,10H2,(H,17,18);1H. The summed E-state index contributed by atoms with van der Waals surface area (Å²) in [4.78, 5) is 12.2. The molecule has 1 aromatic carbocycles. The summed E-state index contributed by atoms with van der Waals surface area (Å²) in [6.45, 7) is 1.81. The van der Waals surface area contributed by atoms with Gasteiger partial charge in [-0.1, -0.05) is 0 Å². The Kier molecular flexibility index (Phi) is 5.61. The molecule has 1 amide bonds. The largest absolute Gasteiger partial charge is 0.384 e. The van der Waals surface area contributed by atoms with Gasteiger partial charge in [-0.25, -0.2) is 0 Å². The third-order valence-corrected chi connectivity index (χ3v) is 5.02. The summed E-state index contributed by atoms with van der Waals surface area (Å²) in [5, 5.41) is 6.41. The number of rotatable bonds is 3. The molecule has 0 unspecified atom stereocenters. The number of carbonyl (C=O) groups excluding carboxylic acids is 1. The zero-order valence-corrected chi connectivity index (χ0v) is 13.1. The molecule has 110 valence electrons. The van der Waals surface area contributed by atoms with Crippen molar-refractivity contribution in [1.82, 2.24) is 5.32 Å². The van der Waals surface area contributed by atoms with E-state index in [9.17, 15) is 4.79 Å². The van der Waals surface area contributed by atoms with Crippen LogP contribution in [-0.4, -0.2) is 30.5 Å². The molecule has 2 heterocycles. The van der Waals surface area contributed by atoms with Crippen LogP contribution in [0.1, 0.15) is 28.8 Å². The number of hydrogen-bond acceptors (Lipinski definition) is 3. The molecule has 0 radical (unpaired) electrons. The maximum absolute atomic E-state index is 12.2. The zero-order valence-electron chi connectivity index (χ0n) is 11.5. The molecule has 0 aliphatic carbocycles. The van der Waals surface area contributed by atoms with Crippen molar-refractivity contribution in [1.29, 1.82) is 0 Å². The second-order valence-electron chi connectivity index (χ2n) is 5.31. The highest BCUT2D eigenvalue weighted by Gasteiger charge is 2.16. The van der Waals surface area contributed by atoms with Crippen molar-refractivity contribution in [3.8, 4) is 0 Å². The Morgan fingerprint density at radius 3 is 2.95 bits per heavy atom. The van der Waals surface area contributed by atoms with E-state index in [1.807, 2.05) is 30.0 Å². The van der Waals surface area contributed by atoms with Crippen LogP contribution in [0.5, 0.6) is 0 Å². The summed E-state index contributed by atoms with van der Waals surface area (Å²) in [7, 11) is 0. The number of carbonyl (C=O) groups is 1. The molecule has 1 fully saturated rings. The fourth-order valence-electron chi connectivity index (χ4n) is 2.74. The summed E-state index contributed by atoms with van der Waals surface area (Å²) in [6.07, 6.45) is 3.49. The highest BCUT2D eigenvalue weighted by molar-refractivity contribution is 7.99. The summed E-state index contributed by atoms with van der Waals surface area (Å²) in [5.41, 5.74) is 3.25. The van der Waals surface area contributed by atoms with Gasteiger partial charge in [-0.05, 0) is 60.4 Å². The quantitative estimate of drug-likeness (QED) is 0.901. The Labute approximate surface area is 130 Å². The topological polar surface area (TPSA) is 41.1 Å². The summed E-state index contributed by atoms with van der Waals surface area (Å²) >= 11 is 2.02. The molecule has 0 bridgehead atoms. The third kappa shape index (κ3) is 3.61. The second kappa shape index (κ2) is 7.23. The van der Waals surface area contributed by atoms with Crippen LogP contribution in [0.3, 0.4) is 0 Å². The first kappa shape index (κ1) is 15.5. The zero-order chi connectivity index (χ0) is 13.1. The smallest absolute Gasteiger partial charge is 0.251 e. The van der Waals surface area contributed by atoms with Gasteiger partial charge in [-0.2, -0.15) is 11.8 Å². The molecule has 3 nitrogen and oxygen atoms in total. The monoisotopic (exact) mass is 312 g/mol. The molecule has 0 aromatic heterocycles. The van der Waals surface area contributed by atoms with Crippen molar-refractivity contribution in [2.24, 2.45) is 5.92 Å². The van der Waals surface area contributed by atoms with Crippen molar-refractivity contribution >= 4 is 35.8 Å². The van der Waals surface area contributed by atoms with E-state index >= 15 is 0 Å². The SMILES string of the molecule is Cl.O=C(NCC1CCSCC1)c1ccc2c(c1)CCN2. The van der Waals surface area contributed by atoms with Gasteiger partial charge in [-0.3, -0.25) is 4.79 Å². The first-order valence-electron chi connectivity index (χ1n) is 7.05. The normalized spacial score (nSPS) is 17.8. The average Bonchev–Trinajstić information content (AvgIpc) is 2.93. The highest BCUT2D eigenvalue weighted by atomic mass is 35.5. The minimum Gasteiger partial charge on any atom is -0.384 e. The number of hydrogen-bond donors (Lipinski definition) is 2. The van der Waals surface area contributed by atoms with Gasteiger partial charge in [0.15, 0.2) is 0 Å². The molecular weight excluding hydrogens is 292 g/mol. The van der Waals surface area contributed by atoms with Crippen LogP contribution >= 0.6 is 24.2 Å². The lowest BCUT2D eigenvalue weighted by Crippen LogP contribution is -2.31. The first-order valence-corrected chi connectivity index (χ1v) is 8.21. The van der Waals surface area contributed by atoms with Crippen molar-refractivity contribution in [2.45, 2.75) is 19.3 Å². The van der Waals surface area contributed by atoms with Crippen molar-refractivity contribution < 1.29 is 4.79 Å². The van der Waals surface area contributed by atoms with Crippen LogP contribution in [-0.2, 0) is 6.42 Å². The number of amides is 1. The van der Waals surface area contributed by atoms with Crippen LogP contribution in [0.15, 0.2) is 18.2 Å². The van der Waals surface area contributed by atoms with Crippen LogP contribution in [0.2, 0.25) is 0 Å². The van der Waals surface area contributed by atoms with Gasteiger partial charge in [0.1, 0.15) is 0 Å². The van der Waals surface area contributed by atoms with Crippen LogP contribution in [0, 0.1) is 5.92 Å².